The number of hydrogen-bond donors (Lipinski definition) is 21. The topological polar surface area (TPSA) is 539 Å². The predicted molar refractivity (Wildman–Crippen MR) is 428 cm³/mol. The van der Waals surface area contributed by atoms with Crippen LogP contribution in [0.4, 0.5) is 17.1 Å². The largest absolute Gasteiger partial charge is 0.394 e. The number of nitrogens with one attached hydrogen (secondary N) is 6. The van der Waals surface area contributed by atoms with E-state index in [1.165, 1.54) is 21.1 Å². The molecule has 552 valence electrons. The molecule has 21 N–H and O–H groups in total. The SMILES string of the molecule is CN(CC(O)CO)C(=O)c1c(I)c(NC(=O)C(O)C(O)CO)c(I)c(C(=O)NCC2CC(CNC(=O)c3c(I)c(NC(=O)C(O)C(O)CO)c(I)c(C(=O)N(C)CC(O)CO)c3I)CC(CNC(=O)c3c(I)c(NC(=O)C(O)C(O)CO)c(I)c(C(=O)N(C)CC(O)CO)c3I)C2)c1I. The van der Waals surface area contributed by atoms with Crippen LogP contribution < -0.4 is 31.9 Å². The van der Waals surface area contributed by atoms with Crippen LogP contribution in [-0.2, 0) is 14.4 Å². The van der Waals surface area contributed by atoms with Crippen LogP contribution in [0, 0.1) is 49.9 Å². The maximum atomic E-state index is 14.8. The number of aliphatic hydroxyl groups excluding tert-OH is 15. The highest BCUT2D eigenvalue weighted by Gasteiger charge is 2.39. The summed E-state index contributed by atoms with van der Waals surface area (Å²) >= 11 is 15.7. The maximum Gasteiger partial charge on any atom is 0.256 e. The molecule has 0 aromatic heterocycles. The highest BCUT2D eigenvalue weighted by atomic mass is 127. The Hall–Kier alpha value is -1.14. The summed E-state index contributed by atoms with van der Waals surface area (Å²) in [5.41, 5.74) is -1.46. The Labute approximate surface area is 688 Å². The van der Waals surface area contributed by atoms with Crippen molar-refractivity contribution in [3.8, 4) is 0 Å². The van der Waals surface area contributed by atoms with Crippen molar-refractivity contribution >= 4 is 274 Å². The normalized spacial score (nSPS) is 17.3. The molecule has 9 unspecified atom stereocenters. The van der Waals surface area contributed by atoms with Crippen LogP contribution in [0.2, 0.25) is 0 Å². The molecule has 3 aromatic carbocycles. The second kappa shape index (κ2) is 41.8. The van der Waals surface area contributed by atoms with Gasteiger partial charge in [0.05, 0.1) is 130 Å². The van der Waals surface area contributed by atoms with Crippen molar-refractivity contribution in [2.24, 2.45) is 17.8 Å². The molecule has 1 fully saturated rings. The number of hydrogen-bond acceptors (Lipinski definition) is 24. The summed E-state index contributed by atoms with van der Waals surface area (Å²) in [6.07, 6.45) is -15.9. The number of aliphatic hydroxyl groups is 15. The molecule has 1 aliphatic carbocycles. The molecule has 1 saturated carbocycles. The summed E-state index contributed by atoms with van der Waals surface area (Å²) in [7, 11) is 3.93. The van der Waals surface area contributed by atoms with E-state index < -0.39 is 165 Å². The van der Waals surface area contributed by atoms with Gasteiger partial charge in [-0.1, -0.05) is 0 Å². The second-order valence-corrected chi connectivity index (χ2v) is 32.5. The molecule has 33 nitrogen and oxygen atoms in total. The molecule has 0 spiro atoms. The molecule has 1 aliphatic rings. The number of rotatable bonds is 33. The highest BCUT2D eigenvalue weighted by Crippen LogP contribution is 2.41. The standard InChI is InChI=1S/C57H72I9N9O24/c1-73(10-22(82)13-76)55(97)31-34(58)28(37(61)43(40(31)64)70-52(94)46(88)25(85)16-79)49(91)67-7-19-4-20(8-68-50(92)29-35(59)32(56(98)74(2)11-23(83)14-77)41(65)44(38(29)62)71-53(95)47(89)26(86)17-80)6-21(5-19)9-69-51(93)30-36(60)33(57(99)75(3)12-24(84)15-78)42(66)45(39(30)63)72-54(96)48(90)27(87)18-81/h19-27,46-48,76-90H,4-18H2,1-3H3,(H,67,91)(H,68,92)(H,69,93)(H,70,94)(H,71,95)(H,72,96). The molecule has 0 saturated heterocycles. The minimum Gasteiger partial charge on any atom is -0.394 e. The molecule has 42 heteroatoms. The first-order chi connectivity index (χ1) is 46.3. The predicted octanol–water partition coefficient (Wildman–Crippen LogP) is -2.02. The number of halogens is 9. The Morgan fingerprint density at radius 2 is 0.545 bits per heavy atom. The monoisotopic (exact) mass is 2410 g/mol. The van der Waals surface area contributed by atoms with Gasteiger partial charge in [-0.25, -0.2) is 0 Å². The number of nitrogens with zero attached hydrogens (tertiary/aromatic N) is 3. The summed E-state index contributed by atoms with van der Waals surface area (Å²) < 4.78 is 0.426. The third-order valence-electron chi connectivity index (χ3n) is 15.3. The van der Waals surface area contributed by atoms with E-state index in [-0.39, 0.29) is 141 Å². The lowest BCUT2D eigenvalue weighted by Crippen LogP contribution is -2.42. The molecular weight excluding hydrogens is 2340 g/mol. The molecule has 3 aromatic rings. The van der Waals surface area contributed by atoms with Crippen molar-refractivity contribution in [2.75, 3.05) is 116 Å². The zero-order valence-electron chi connectivity index (χ0n) is 52.2. The van der Waals surface area contributed by atoms with E-state index in [4.69, 9.17) is 0 Å². The van der Waals surface area contributed by atoms with Crippen LogP contribution in [0.1, 0.15) is 81.4 Å². The van der Waals surface area contributed by atoms with Crippen molar-refractivity contribution in [1.29, 1.82) is 0 Å². The van der Waals surface area contributed by atoms with Crippen LogP contribution in [0.5, 0.6) is 0 Å². The van der Waals surface area contributed by atoms with Gasteiger partial charge in [0.25, 0.3) is 53.2 Å². The van der Waals surface area contributed by atoms with Gasteiger partial charge in [0.2, 0.25) is 0 Å². The summed E-state index contributed by atoms with van der Waals surface area (Å²) in [4.78, 5) is 131. The fraction of sp³-hybridized carbons (Fsp3) is 0.526. The van der Waals surface area contributed by atoms with E-state index >= 15 is 0 Å². The van der Waals surface area contributed by atoms with E-state index in [0.29, 0.717) is 0 Å². The Kier molecular flexibility index (Phi) is 38.1. The Bertz CT molecular complexity index is 3140. The number of benzene rings is 3. The minimum absolute atomic E-state index is 0.0406. The molecule has 99 heavy (non-hydrogen) atoms. The van der Waals surface area contributed by atoms with Crippen LogP contribution >= 0.6 is 203 Å². The molecule has 4 rings (SSSR count). The van der Waals surface area contributed by atoms with Gasteiger partial charge in [-0.2, -0.15) is 0 Å². The van der Waals surface area contributed by atoms with Gasteiger partial charge >= 0.3 is 0 Å². The van der Waals surface area contributed by atoms with Crippen molar-refractivity contribution in [3.63, 3.8) is 0 Å². The van der Waals surface area contributed by atoms with Gasteiger partial charge in [0.15, 0.2) is 18.3 Å². The van der Waals surface area contributed by atoms with Gasteiger partial charge in [0.1, 0.15) is 18.3 Å². The molecule has 9 amide bonds. The summed E-state index contributed by atoms with van der Waals surface area (Å²) in [6, 6.07) is 0. The Morgan fingerprint density at radius 3 is 0.737 bits per heavy atom. The molecule has 0 bridgehead atoms. The maximum absolute atomic E-state index is 14.8. The summed E-state index contributed by atoms with van der Waals surface area (Å²) in [5.74, 6) is -10.1. The average molecular weight is 2410 g/mol. The third-order valence-corrected chi connectivity index (χ3v) is 25.0. The first-order valence-corrected chi connectivity index (χ1v) is 39.0. The second-order valence-electron chi connectivity index (χ2n) is 22.8. The Morgan fingerprint density at radius 1 is 0.343 bits per heavy atom. The highest BCUT2D eigenvalue weighted by molar-refractivity contribution is 14.1. The fourth-order valence-corrected chi connectivity index (χ4v) is 23.2. The van der Waals surface area contributed by atoms with Crippen LogP contribution in [-0.4, -0.2) is 299 Å². The van der Waals surface area contributed by atoms with Crippen molar-refractivity contribution in [2.45, 2.75) is 74.2 Å². The van der Waals surface area contributed by atoms with Gasteiger partial charge in [-0.05, 0) is 240 Å². The van der Waals surface area contributed by atoms with Crippen molar-refractivity contribution in [1.82, 2.24) is 30.7 Å². The van der Waals surface area contributed by atoms with Crippen LogP contribution in [0.3, 0.4) is 0 Å². The van der Waals surface area contributed by atoms with Crippen LogP contribution in [0.15, 0.2) is 0 Å². The minimum atomic E-state index is -2.19. The average Bonchev–Trinajstić information content (AvgIpc) is 0.776. The first-order valence-electron chi connectivity index (χ1n) is 29.2. The van der Waals surface area contributed by atoms with E-state index in [2.05, 4.69) is 31.9 Å². The van der Waals surface area contributed by atoms with Crippen LogP contribution in [0.25, 0.3) is 0 Å². The third kappa shape index (κ3) is 23.2. The van der Waals surface area contributed by atoms with Gasteiger partial charge in [-0.15, -0.1) is 0 Å². The lowest BCUT2D eigenvalue weighted by Gasteiger charge is -2.35. The van der Waals surface area contributed by atoms with E-state index in [1.54, 1.807) is 203 Å². The molecule has 0 heterocycles. The molecule has 9 atom stereocenters. The number of carbonyl (C=O) groups is 9. The fourth-order valence-electron chi connectivity index (χ4n) is 10.0. The quantitative estimate of drug-likeness (QED) is 0.0293. The van der Waals surface area contributed by atoms with Gasteiger partial charge < -0.3 is 123 Å². The van der Waals surface area contributed by atoms with E-state index in [1.807, 2.05) is 0 Å². The smallest absolute Gasteiger partial charge is 0.256 e. The summed E-state index contributed by atoms with van der Waals surface area (Å²) in [5, 5.41) is 166. The zero-order valence-corrected chi connectivity index (χ0v) is 71.6. The van der Waals surface area contributed by atoms with E-state index in [9.17, 15) is 120 Å². The molecular formula is C57H72I9N9O24. The number of amides is 9. The summed E-state index contributed by atoms with van der Waals surface area (Å²) in [6.45, 7) is -6.84. The van der Waals surface area contributed by atoms with Crippen molar-refractivity contribution in [3.05, 3.63) is 65.5 Å². The molecule has 0 aliphatic heterocycles. The van der Waals surface area contributed by atoms with E-state index in [0.717, 1.165) is 14.7 Å². The number of carbonyl (C=O) groups excluding carboxylic acids is 9. The first kappa shape index (κ1) is 90.3. The lowest BCUT2D eigenvalue weighted by molar-refractivity contribution is -0.131. The number of anilines is 3. The van der Waals surface area contributed by atoms with Gasteiger partial charge in [-0.3, -0.25) is 43.2 Å². The van der Waals surface area contributed by atoms with Gasteiger partial charge in [0, 0.05) is 71.1 Å². The molecule has 0 radical (unpaired) electrons. The number of likely N-dealkylation sites (N-methyl/N-ethyl adjacent to an activating group) is 3. The van der Waals surface area contributed by atoms with Crippen molar-refractivity contribution < 1.29 is 120 Å². The zero-order chi connectivity index (χ0) is 75.1. The lowest BCUT2D eigenvalue weighted by atomic mass is 9.75. The Balaban J connectivity index is 1.90.